The SMILES string of the molecule is COc1ccccc1/C=N\NC(=O)CSc1nnc(-c2ccc(C)cc2)n1-c1ccc(C)cc1. The van der Waals surface area contributed by atoms with E-state index < -0.39 is 0 Å². The van der Waals surface area contributed by atoms with Crippen LogP contribution in [0.25, 0.3) is 17.1 Å². The Labute approximate surface area is 202 Å². The first-order chi connectivity index (χ1) is 16.5. The predicted octanol–water partition coefficient (Wildman–Crippen LogP) is 4.80. The highest BCUT2D eigenvalue weighted by Gasteiger charge is 2.17. The molecule has 8 heteroatoms. The molecule has 4 rings (SSSR count). The average Bonchev–Trinajstić information content (AvgIpc) is 3.28. The monoisotopic (exact) mass is 471 g/mol. The molecule has 0 bridgehead atoms. The molecule has 0 aliphatic rings. The molecule has 0 aliphatic heterocycles. The van der Waals surface area contributed by atoms with Gasteiger partial charge in [-0.15, -0.1) is 10.2 Å². The Balaban J connectivity index is 1.51. The number of hydrazone groups is 1. The van der Waals surface area contributed by atoms with Crippen molar-refractivity contribution in [3.05, 3.63) is 89.5 Å². The first kappa shape index (κ1) is 23.3. The van der Waals surface area contributed by atoms with Gasteiger partial charge >= 0.3 is 0 Å². The summed E-state index contributed by atoms with van der Waals surface area (Å²) in [5.41, 5.74) is 7.56. The van der Waals surface area contributed by atoms with E-state index >= 15 is 0 Å². The van der Waals surface area contributed by atoms with Crippen LogP contribution in [0.3, 0.4) is 0 Å². The number of amides is 1. The third-order valence-corrected chi connectivity index (χ3v) is 6.03. The van der Waals surface area contributed by atoms with Crippen LogP contribution in [0, 0.1) is 13.8 Å². The zero-order chi connectivity index (χ0) is 23.9. The minimum absolute atomic E-state index is 0.140. The van der Waals surface area contributed by atoms with Gasteiger partial charge in [0.15, 0.2) is 11.0 Å². The lowest BCUT2D eigenvalue weighted by molar-refractivity contribution is -0.118. The Bertz CT molecular complexity index is 1300. The molecule has 0 fully saturated rings. The van der Waals surface area contributed by atoms with E-state index in [2.05, 4.69) is 20.7 Å². The number of para-hydroxylation sites is 1. The standard InChI is InChI=1S/C26H25N5O2S/c1-18-8-12-20(13-9-18)25-29-30-26(31(25)22-14-10-19(2)11-15-22)34-17-24(32)28-27-16-21-6-4-5-7-23(21)33-3/h4-16H,17H2,1-3H3,(H,28,32)/b27-16-. The number of methoxy groups -OCH3 is 1. The van der Waals surface area contributed by atoms with Gasteiger partial charge in [0.2, 0.25) is 0 Å². The summed E-state index contributed by atoms with van der Waals surface area (Å²) >= 11 is 1.31. The molecule has 0 spiro atoms. The van der Waals surface area contributed by atoms with Gasteiger partial charge in [-0.05, 0) is 38.1 Å². The second-order valence-corrected chi connectivity index (χ2v) is 8.61. The van der Waals surface area contributed by atoms with E-state index in [4.69, 9.17) is 4.74 Å². The van der Waals surface area contributed by atoms with E-state index in [-0.39, 0.29) is 11.7 Å². The molecule has 172 valence electrons. The molecule has 34 heavy (non-hydrogen) atoms. The number of aromatic nitrogens is 3. The van der Waals surface area contributed by atoms with Gasteiger partial charge < -0.3 is 4.74 Å². The van der Waals surface area contributed by atoms with E-state index in [1.54, 1.807) is 13.3 Å². The van der Waals surface area contributed by atoms with Crippen LogP contribution in [0.15, 0.2) is 83.1 Å². The molecule has 0 unspecified atom stereocenters. The van der Waals surface area contributed by atoms with Gasteiger partial charge in [0.1, 0.15) is 5.75 Å². The Hall–Kier alpha value is -3.91. The molecule has 1 heterocycles. The molecule has 1 N–H and O–H groups in total. The number of ether oxygens (including phenoxy) is 1. The molecule has 1 aromatic heterocycles. The molecular formula is C26H25N5O2S. The van der Waals surface area contributed by atoms with Crippen LogP contribution < -0.4 is 10.2 Å². The maximum Gasteiger partial charge on any atom is 0.250 e. The quantitative estimate of drug-likeness (QED) is 0.227. The van der Waals surface area contributed by atoms with Crippen LogP contribution in [-0.4, -0.2) is 39.7 Å². The van der Waals surface area contributed by atoms with Crippen molar-refractivity contribution >= 4 is 23.9 Å². The highest BCUT2D eigenvalue weighted by Crippen LogP contribution is 2.28. The van der Waals surface area contributed by atoms with Crippen molar-refractivity contribution in [2.75, 3.05) is 12.9 Å². The lowest BCUT2D eigenvalue weighted by atomic mass is 10.1. The summed E-state index contributed by atoms with van der Waals surface area (Å²) in [5, 5.41) is 13.5. The Morgan fingerprint density at radius 3 is 2.38 bits per heavy atom. The van der Waals surface area contributed by atoms with Crippen LogP contribution in [0.5, 0.6) is 5.75 Å². The number of aryl methyl sites for hydroxylation is 2. The van der Waals surface area contributed by atoms with Crippen molar-refractivity contribution < 1.29 is 9.53 Å². The number of rotatable bonds is 8. The zero-order valence-corrected chi connectivity index (χ0v) is 20.0. The zero-order valence-electron chi connectivity index (χ0n) is 19.2. The van der Waals surface area contributed by atoms with Crippen LogP contribution in [-0.2, 0) is 4.79 Å². The van der Waals surface area contributed by atoms with Gasteiger partial charge in [-0.3, -0.25) is 9.36 Å². The number of benzene rings is 3. The Kier molecular flexibility index (Phi) is 7.39. The minimum atomic E-state index is -0.244. The van der Waals surface area contributed by atoms with E-state index in [0.717, 1.165) is 28.2 Å². The van der Waals surface area contributed by atoms with E-state index in [1.807, 2.05) is 91.2 Å². The number of hydrogen-bond acceptors (Lipinski definition) is 6. The fourth-order valence-electron chi connectivity index (χ4n) is 3.29. The van der Waals surface area contributed by atoms with Crippen LogP contribution in [0.2, 0.25) is 0 Å². The van der Waals surface area contributed by atoms with Gasteiger partial charge in [-0.2, -0.15) is 5.10 Å². The van der Waals surface area contributed by atoms with E-state index in [1.165, 1.54) is 17.3 Å². The van der Waals surface area contributed by atoms with Crippen molar-refractivity contribution in [2.45, 2.75) is 19.0 Å². The minimum Gasteiger partial charge on any atom is -0.496 e. The summed E-state index contributed by atoms with van der Waals surface area (Å²) in [4.78, 5) is 12.4. The predicted molar refractivity (Wildman–Crippen MR) is 136 cm³/mol. The number of thioether (sulfide) groups is 1. The second kappa shape index (κ2) is 10.8. The van der Waals surface area contributed by atoms with Gasteiger partial charge in [-0.1, -0.05) is 71.4 Å². The van der Waals surface area contributed by atoms with Crippen LogP contribution >= 0.6 is 11.8 Å². The Morgan fingerprint density at radius 1 is 1.00 bits per heavy atom. The van der Waals surface area contributed by atoms with Crippen LogP contribution in [0.4, 0.5) is 0 Å². The average molecular weight is 472 g/mol. The van der Waals surface area contributed by atoms with Crippen molar-refractivity contribution in [3.63, 3.8) is 0 Å². The maximum absolute atomic E-state index is 12.4. The molecule has 3 aromatic carbocycles. The third kappa shape index (κ3) is 5.52. The highest BCUT2D eigenvalue weighted by atomic mass is 32.2. The number of carbonyl (C=O) groups excluding carboxylic acids is 1. The lowest BCUT2D eigenvalue weighted by Gasteiger charge is -2.11. The van der Waals surface area contributed by atoms with Gasteiger partial charge in [-0.25, -0.2) is 5.43 Å². The van der Waals surface area contributed by atoms with Crippen LogP contribution in [0.1, 0.15) is 16.7 Å². The molecule has 0 radical (unpaired) electrons. The summed E-state index contributed by atoms with van der Waals surface area (Å²) in [6.07, 6.45) is 1.56. The fourth-order valence-corrected chi connectivity index (χ4v) is 4.03. The summed E-state index contributed by atoms with van der Waals surface area (Å²) in [5.74, 6) is 1.30. The van der Waals surface area contributed by atoms with E-state index in [0.29, 0.717) is 10.9 Å². The summed E-state index contributed by atoms with van der Waals surface area (Å²) in [6.45, 7) is 4.09. The summed E-state index contributed by atoms with van der Waals surface area (Å²) in [6, 6.07) is 23.7. The molecule has 0 aliphatic carbocycles. The number of carbonyl (C=O) groups is 1. The second-order valence-electron chi connectivity index (χ2n) is 7.67. The summed E-state index contributed by atoms with van der Waals surface area (Å²) in [7, 11) is 1.59. The van der Waals surface area contributed by atoms with Crippen molar-refractivity contribution in [1.29, 1.82) is 0 Å². The molecule has 0 saturated heterocycles. The molecule has 0 atom stereocenters. The smallest absolute Gasteiger partial charge is 0.250 e. The first-order valence-corrected chi connectivity index (χ1v) is 11.7. The molecular weight excluding hydrogens is 446 g/mol. The lowest BCUT2D eigenvalue weighted by Crippen LogP contribution is -2.20. The van der Waals surface area contributed by atoms with Crippen molar-refractivity contribution in [2.24, 2.45) is 5.10 Å². The highest BCUT2D eigenvalue weighted by molar-refractivity contribution is 7.99. The molecule has 4 aromatic rings. The molecule has 0 saturated carbocycles. The van der Waals surface area contributed by atoms with Crippen molar-refractivity contribution in [1.82, 2.24) is 20.2 Å². The summed E-state index contributed by atoms with van der Waals surface area (Å²) < 4.78 is 7.26. The van der Waals surface area contributed by atoms with Gasteiger partial charge in [0, 0.05) is 16.8 Å². The third-order valence-electron chi connectivity index (χ3n) is 5.10. The largest absolute Gasteiger partial charge is 0.496 e. The van der Waals surface area contributed by atoms with E-state index in [9.17, 15) is 4.79 Å². The fraction of sp³-hybridized carbons (Fsp3) is 0.154. The van der Waals surface area contributed by atoms with Crippen molar-refractivity contribution in [3.8, 4) is 22.8 Å². The maximum atomic E-state index is 12.4. The topological polar surface area (TPSA) is 81.4 Å². The molecule has 7 nitrogen and oxygen atoms in total. The Morgan fingerprint density at radius 2 is 1.68 bits per heavy atom. The number of nitrogens with zero attached hydrogens (tertiary/aromatic N) is 4. The number of nitrogens with one attached hydrogen (secondary N) is 1. The normalized spacial score (nSPS) is 11.0. The molecule has 1 amide bonds. The number of hydrogen-bond donors (Lipinski definition) is 1. The first-order valence-electron chi connectivity index (χ1n) is 10.7. The van der Waals surface area contributed by atoms with Gasteiger partial charge in [0.05, 0.1) is 19.1 Å². The van der Waals surface area contributed by atoms with Gasteiger partial charge in [0.25, 0.3) is 5.91 Å².